The minimum atomic E-state index is 0.0411. The van der Waals surface area contributed by atoms with E-state index in [4.69, 9.17) is 0 Å². The van der Waals surface area contributed by atoms with Gasteiger partial charge in [-0.2, -0.15) is 0 Å². The van der Waals surface area contributed by atoms with Gasteiger partial charge in [0.05, 0.1) is 0 Å². The van der Waals surface area contributed by atoms with Crippen molar-refractivity contribution in [3.8, 4) is 0 Å². The Morgan fingerprint density at radius 1 is 1.22 bits per heavy atom. The number of hydrogen-bond donors (Lipinski definition) is 1. The molecule has 27 heavy (non-hydrogen) atoms. The average molecular weight is 367 g/mol. The number of nitrogens with one attached hydrogen (secondary N) is 1. The fourth-order valence-corrected chi connectivity index (χ4v) is 3.73. The van der Waals surface area contributed by atoms with E-state index in [1.54, 1.807) is 6.07 Å². The molecule has 0 radical (unpaired) electrons. The molecule has 0 spiro atoms. The van der Waals surface area contributed by atoms with E-state index < -0.39 is 0 Å². The maximum absolute atomic E-state index is 13.0. The van der Waals surface area contributed by atoms with Crippen molar-refractivity contribution in [3.63, 3.8) is 0 Å². The molecule has 1 aliphatic rings. The molecule has 1 saturated heterocycles. The van der Waals surface area contributed by atoms with Crippen molar-refractivity contribution in [2.45, 2.75) is 58.4 Å². The number of benzene rings is 1. The normalized spacial score (nSPS) is 17.0. The van der Waals surface area contributed by atoms with Gasteiger partial charge in [0.1, 0.15) is 5.69 Å². The fraction of sp³-hybridized carbons (Fsp3) is 0.500. The van der Waals surface area contributed by atoms with Gasteiger partial charge in [0, 0.05) is 24.8 Å². The van der Waals surface area contributed by atoms with Gasteiger partial charge < -0.3 is 10.2 Å². The lowest BCUT2D eigenvalue weighted by molar-refractivity contribution is 0.0601. The highest BCUT2D eigenvalue weighted by Gasteiger charge is 2.27. The molecule has 1 aliphatic heterocycles. The molecular weight excluding hydrogens is 336 g/mol. The van der Waals surface area contributed by atoms with Crippen LogP contribution in [0.3, 0.4) is 0 Å². The first-order valence-electron chi connectivity index (χ1n) is 10.1. The molecule has 2 aromatic rings. The van der Waals surface area contributed by atoms with Crippen molar-refractivity contribution >= 4 is 11.9 Å². The summed E-state index contributed by atoms with van der Waals surface area (Å²) in [7, 11) is 0. The Bertz CT molecular complexity index is 747. The van der Waals surface area contributed by atoms with Gasteiger partial charge in [-0.25, -0.2) is 9.97 Å². The Balaban J connectivity index is 1.60. The molecule has 1 amide bonds. The number of likely N-dealkylation sites (tertiary alicyclic amines) is 1. The van der Waals surface area contributed by atoms with Crippen molar-refractivity contribution in [2.24, 2.45) is 0 Å². The Morgan fingerprint density at radius 3 is 2.81 bits per heavy atom. The van der Waals surface area contributed by atoms with Gasteiger partial charge in [-0.15, -0.1) is 0 Å². The highest BCUT2D eigenvalue weighted by molar-refractivity contribution is 5.93. The smallest absolute Gasteiger partial charge is 0.272 e. The van der Waals surface area contributed by atoms with Crippen LogP contribution in [0.1, 0.15) is 60.8 Å². The van der Waals surface area contributed by atoms with Crippen LogP contribution < -0.4 is 5.32 Å². The summed E-state index contributed by atoms with van der Waals surface area (Å²) in [6, 6.07) is 12.6. The second-order valence-electron chi connectivity index (χ2n) is 7.29. The van der Waals surface area contributed by atoms with Gasteiger partial charge in [0.15, 0.2) is 0 Å². The van der Waals surface area contributed by atoms with Gasteiger partial charge in [-0.1, -0.05) is 37.3 Å². The molecule has 144 valence electrons. The molecule has 1 aromatic carbocycles. The van der Waals surface area contributed by atoms with Crippen molar-refractivity contribution in [3.05, 3.63) is 53.3 Å². The number of rotatable bonds is 7. The molecule has 1 unspecified atom stereocenters. The molecule has 1 aromatic heterocycles. The van der Waals surface area contributed by atoms with Crippen molar-refractivity contribution in [2.75, 3.05) is 18.4 Å². The lowest BCUT2D eigenvalue weighted by Crippen LogP contribution is -2.43. The molecular formula is C22H30N4O. The number of amides is 1. The highest BCUT2D eigenvalue weighted by atomic mass is 16.2. The number of aromatic nitrogens is 2. The van der Waals surface area contributed by atoms with E-state index in [1.807, 2.05) is 17.9 Å². The molecule has 5 nitrogen and oxygen atoms in total. The van der Waals surface area contributed by atoms with E-state index in [9.17, 15) is 4.79 Å². The van der Waals surface area contributed by atoms with Gasteiger partial charge in [-0.3, -0.25) is 4.79 Å². The fourth-order valence-electron chi connectivity index (χ4n) is 3.73. The summed E-state index contributed by atoms with van der Waals surface area (Å²) in [6.07, 6.45) is 6.39. The third kappa shape index (κ3) is 5.28. The summed E-state index contributed by atoms with van der Waals surface area (Å²) in [6.45, 7) is 5.69. The topological polar surface area (TPSA) is 58.1 Å². The molecule has 5 heteroatoms. The second-order valence-corrected chi connectivity index (χ2v) is 7.29. The van der Waals surface area contributed by atoms with Gasteiger partial charge in [-0.05, 0) is 57.1 Å². The van der Waals surface area contributed by atoms with Gasteiger partial charge in [0.2, 0.25) is 5.95 Å². The largest absolute Gasteiger partial charge is 0.354 e. The lowest BCUT2D eigenvalue weighted by Gasteiger charge is -2.35. The van der Waals surface area contributed by atoms with Crippen LogP contribution in [0.4, 0.5) is 5.95 Å². The maximum atomic E-state index is 13.0. The zero-order chi connectivity index (χ0) is 19.1. The van der Waals surface area contributed by atoms with Gasteiger partial charge in [0.25, 0.3) is 5.91 Å². The van der Waals surface area contributed by atoms with Crippen molar-refractivity contribution in [1.82, 2.24) is 14.9 Å². The average Bonchev–Trinajstić information content (AvgIpc) is 2.71. The van der Waals surface area contributed by atoms with Crippen LogP contribution in [0.15, 0.2) is 36.4 Å². The number of hydrogen-bond acceptors (Lipinski definition) is 4. The predicted molar refractivity (Wildman–Crippen MR) is 109 cm³/mol. The summed E-state index contributed by atoms with van der Waals surface area (Å²) in [5.41, 5.74) is 2.66. The number of piperidine rings is 1. The summed E-state index contributed by atoms with van der Waals surface area (Å²) in [5.74, 6) is 0.593. The Hall–Kier alpha value is -2.43. The van der Waals surface area contributed by atoms with Crippen LogP contribution >= 0.6 is 0 Å². The molecule has 0 aliphatic carbocycles. The first-order chi connectivity index (χ1) is 13.2. The second kappa shape index (κ2) is 9.49. The molecule has 1 fully saturated rings. The van der Waals surface area contributed by atoms with Crippen molar-refractivity contribution in [1.29, 1.82) is 0 Å². The Labute approximate surface area is 162 Å². The molecule has 0 saturated carbocycles. The Morgan fingerprint density at radius 2 is 2.04 bits per heavy atom. The molecule has 3 rings (SSSR count). The molecule has 1 atom stereocenters. The van der Waals surface area contributed by atoms with Crippen LogP contribution in [0, 0.1) is 6.92 Å². The SMILES string of the molecule is CCC1CCCCN1C(=O)c1cc(C)nc(NCCCc2ccccc2)n1. The lowest BCUT2D eigenvalue weighted by atomic mass is 9.99. The quantitative estimate of drug-likeness (QED) is 0.745. The maximum Gasteiger partial charge on any atom is 0.272 e. The van der Waals surface area contributed by atoms with E-state index in [-0.39, 0.29) is 5.91 Å². The third-order valence-corrected chi connectivity index (χ3v) is 5.20. The van der Waals surface area contributed by atoms with Gasteiger partial charge >= 0.3 is 0 Å². The first-order valence-corrected chi connectivity index (χ1v) is 10.1. The number of carbonyl (C=O) groups excluding carboxylic acids is 1. The minimum absolute atomic E-state index is 0.0411. The zero-order valence-corrected chi connectivity index (χ0v) is 16.4. The summed E-state index contributed by atoms with van der Waals surface area (Å²) in [4.78, 5) is 24.0. The molecule has 0 bridgehead atoms. The van der Waals surface area contributed by atoms with Crippen LogP contribution in [0.25, 0.3) is 0 Å². The molecule has 1 N–H and O–H groups in total. The Kier molecular flexibility index (Phi) is 6.80. The van der Waals surface area contributed by atoms with Crippen LogP contribution in [0.5, 0.6) is 0 Å². The monoisotopic (exact) mass is 366 g/mol. The third-order valence-electron chi connectivity index (χ3n) is 5.20. The predicted octanol–water partition coefficient (Wildman–Crippen LogP) is 4.23. The van der Waals surface area contributed by atoms with Crippen LogP contribution in [-0.2, 0) is 6.42 Å². The standard InChI is InChI=1S/C22H30N4O/c1-3-19-13-7-8-15-26(19)21(27)20-16-17(2)24-22(25-20)23-14-9-12-18-10-5-4-6-11-18/h4-6,10-11,16,19H,3,7-9,12-15H2,1-2H3,(H,23,24,25). The highest BCUT2D eigenvalue weighted by Crippen LogP contribution is 2.21. The minimum Gasteiger partial charge on any atom is -0.354 e. The van der Waals surface area contributed by atoms with Crippen molar-refractivity contribution < 1.29 is 4.79 Å². The number of aryl methyl sites for hydroxylation is 2. The van der Waals surface area contributed by atoms with E-state index in [1.165, 1.54) is 12.0 Å². The summed E-state index contributed by atoms with van der Waals surface area (Å²) in [5, 5.41) is 3.29. The number of anilines is 1. The first kappa shape index (κ1) is 19.3. The number of carbonyl (C=O) groups is 1. The van der Waals surface area contributed by atoms with E-state index in [2.05, 4.69) is 46.5 Å². The number of nitrogens with zero attached hydrogens (tertiary/aromatic N) is 3. The van der Waals surface area contributed by atoms with E-state index in [0.717, 1.165) is 50.9 Å². The van der Waals surface area contributed by atoms with E-state index in [0.29, 0.717) is 17.7 Å². The van der Waals surface area contributed by atoms with Crippen LogP contribution in [0.2, 0.25) is 0 Å². The van der Waals surface area contributed by atoms with Crippen LogP contribution in [-0.4, -0.2) is 39.9 Å². The summed E-state index contributed by atoms with van der Waals surface area (Å²) >= 11 is 0. The molecule has 2 heterocycles. The summed E-state index contributed by atoms with van der Waals surface area (Å²) < 4.78 is 0. The van der Waals surface area contributed by atoms with E-state index >= 15 is 0 Å². The zero-order valence-electron chi connectivity index (χ0n) is 16.4.